The number of nitrogens with zero attached hydrogens (tertiary/aromatic N) is 1. The number of hydrogen-bond donors (Lipinski definition) is 2. The van der Waals surface area contributed by atoms with Gasteiger partial charge in [0.05, 0.1) is 12.6 Å². The number of likely N-dealkylation sites (N-methyl/N-ethyl adjacent to an activating group) is 1. The van der Waals surface area contributed by atoms with Crippen molar-refractivity contribution >= 4 is 51.5 Å². The van der Waals surface area contributed by atoms with Gasteiger partial charge in [-0.2, -0.15) is 0 Å². The zero-order chi connectivity index (χ0) is 23.7. The Morgan fingerprint density at radius 3 is 2.43 bits per heavy atom. The molecule has 0 unspecified atom stereocenters. The molecule has 0 aliphatic carbocycles. The van der Waals surface area contributed by atoms with Crippen LogP contribution in [0.1, 0.15) is 24.5 Å². The van der Waals surface area contributed by atoms with E-state index < -0.39 is 6.04 Å². The molecule has 0 fully saturated rings. The van der Waals surface area contributed by atoms with Gasteiger partial charge in [-0.1, -0.05) is 60.7 Å². The van der Waals surface area contributed by atoms with E-state index in [1.807, 2.05) is 35.2 Å². The van der Waals surface area contributed by atoms with Gasteiger partial charge in [0, 0.05) is 5.69 Å². The summed E-state index contributed by atoms with van der Waals surface area (Å²) in [4.78, 5) is 28.2. The van der Waals surface area contributed by atoms with Crippen molar-refractivity contribution in [3.63, 3.8) is 0 Å². The van der Waals surface area contributed by atoms with Crippen LogP contribution in [0.25, 0.3) is 21.5 Å². The summed E-state index contributed by atoms with van der Waals surface area (Å²) < 4.78 is 0. The molecule has 1 aliphatic heterocycles. The highest BCUT2D eigenvalue weighted by molar-refractivity contribution is 6.03. The maximum atomic E-state index is 13.8. The molecule has 35 heavy (non-hydrogen) atoms. The van der Waals surface area contributed by atoms with Crippen molar-refractivity contribution in [2.45, 2.75) is 38.4 Å². The summed E-state index contributed by atoms with van der Waals surface area (Å²) in [5, 5.41) is 10.6. The molecule has 4 aromatic carbocycles. The lowest BCUT2D eigenvalue weighted by atomic mass is 9.99. The smallest absolute Gasteiger partial charge is 0.249 e. The minimum absolute atomic E-state index is 0. The zero-order valence-electron chi connectivity index (χ0n) is 20.0. The number of halogens is 1. The molecular weight excluding hydrogens is 458 g/mol. The van der Waals surface area contributed by atoms with Gasteiger partial charge in [0.1, 0.15) is 6.04 Å². The maximum absolute atomic E-state index is 13.8. The minimum Gasteiger partial charge on any atom is -0.343 e. The number of carbonyl (C=O) groups excluding carboxylic acids is 2. The molecule has 0 bridgehead atoms. The van der Waals surface area contributed by atoms with Gasteiger partial charge in [0.15, 0.2) is 0 Å². The average molecular weight is 488 g/mol. The van der Waals surface area contributed by atoms with Gasteiger partial charge in [0.25, 0.3) is 0 Å². The molecule has 4 aromatic rings. The van der Waals surface area contributed by atoms with Crippen LogP contribution in [-0.2, 0) is 22.6 Å². The van der Waals surface area contributed by atoms with Crippen LogP contribution in [0.3, 0.4) is 0 Å². The molecule has 2 atom stereocenters. The Kier molecular flexibility index (Phi) is 7.39. The predicted molar refractivity (Wildman–Crippen MR) is 145 cm³/mol. The second-order valence-electron chi connectivity index (χ2n) is 9.00. The Bertz CT molecular complexity index is 1390. The largest absolute Gasteiger partial charge is 0.343 e. The Labute approximate surface area is 211 Å². The van der Waals surface area contributed by atoms with Gasteiger partial charge < -0.3 is 15.5 Å². The fourth-order valence-electron chi connectivity index (χ4n) is 4.78. The van der Waals surface area contributed by atoms with Crippen LogP contribution in [0.15, 0.2) is 78.9 Å². The Morgan fingerprint density at radius 1 is 0.971 bits per heavy atom. The highest BCUT2D eigenvalue weighted by atomic mass is 35.5. The molecule has 2 N–H and O–H groups in total. The topological polar surface area (TPSA) is 61.4 Å². The molecule has 1 heterocycles. The van der Waals surface area contributed by atoms with Crippen LogP contribution >= 0.6 is 12.4 Å². The molecule has 0 saturated carbocycles. The van der Waals surface area contributed by atoms with Crippen LogP contribution in [0.2, 0.25) is 0 Å². The van der Waals surface area contributed by atoms with E-state index in [1.54, 1.807) is 14.0 Å². The van der Waals surface area contributed by atoms with Crippen molar-refractivity contribution in [2.75, 3.05) is 11.9 Å². The number of fused-ring (bicyclic) bond motifs is 3. The molecule has 5 nitrogen and oxygen atoms in total. The molecule has 1 aliphatic rings. The van der Waals surface area contributed by atoms with E-state index in [0.717, 1.165) is 34.0 Å². The molecule has 0 saturated heterocycles. The van der Waals surface area contributed by atoms with Crippen molar-refractivity contribution < 1.29 is 9.59 Å². The molecule has 0 radical (unpaired) electrons. The summed E-state index contributed by atoms with van der Waals surface area (Å²) in [7, 11) is 1.74. The normalized spacial score (nSPS) is 16.3. The van der Waals surface area contributed by atoms with Crippen molar-refractivity contribution in [1.29, 1.82) is 0 Å². The lowest BCUT2D eigenvalue weighted by Crippen LogP contribution is -2.52. The molecular formula is C29H30ClN3O2. The van der Waals surface area contributed by atoms with E-state index in [1.165, 1.54) is 10.8 Å². The first-order valence-corrected chi connectivity index (χ1v) is 11.8. The van der Waals surface area contributed by atoms with Crippen LogP contribution in [0, 0.1) is 0 Å². The summed E-state index contributed by atoms with van der Waals surface area (Å²) in [6, 6.07) is 26.1. The molecule has 6 heteroatoms. The van der Waals surface area contributed by atoms with Gasteiger partial charge in [0.2, 0.25) is 11.8 Å². The number of aryl methyl sites for hydroxylation is 1. The summed E-state index contributed by atoms with van der Waals surface area (Å²) in [6.07, 6.45) is 1.31. The van der Waals surface area contributed by atoms with E-state index in [-0.39, 0.29) is 30.3 Å². The summed E-state index contributed by atoms with van der Waals surface area (Å²) in [6.45, 7) is 2.24. The Balaban J connectivity index is 0.00000289. The first-order valence-electron chi connectivity index (χ1n) is 11.8. The number of carbonyl (C=O) groups is 2. The van der Waals surface area contributed by atoms with Crippen molar-refractivity contribution in [3.8, 4) is 0 Å². The quantitative estimate of drug-likeness (QED) is 0.390. The van der Waals surface area contributed by atoms with Crippen LogP contribution in [0.5, 0.6) is 0 Å². The van der Waals surface area contributed by atoms with E-state index in [9.17, 15) is 9.59 Å². The lowest BCUT2D eigenvalue weighted by molar-refractivity contribution is -0.128. The number of hydrogen-bond acceptors (Lipinski definition) is 3. The zero-order valence-corrected chi connectivity index (χ0v) is 20.8. The SMILES string of the molecule is CN[C@@H](C)C(=O)N[C@H]1CCc2ccccc2N(Cc2cccc3cc4ccccc4cc23)C1=O.Cl. The third-order valence-electron chi connectivity index (χ3n) is 6.86. The molecule has 5 rings (SSSR count). The first-order chi connectivity index (χ1) is 16.5. The molecule has 0 spiro atoms. The van der Waals surface area contributed by atoms with Gasteiger partial charge in [-0.15, -0.1) is 12.4 Å². The van der Waals surface area contributed by atoms with Gasteiger partial charge in [-0.05, 0) is 77.7 Å². The second kappa shape index (κ2) is 10.5. The summed E-state index contributed by atoms with van der Waals surface area (Å²) >= 11 is 0. The minimum atomic E-state index is -0.563. The first kappa shape index (κ1) is 24.7. The average Bonchev–Trinajstić information content (AvgIpc) is 2.99. The van der Waals surface area contributed by atoms with E-state index in [0.29, 0.717) is 13.0 Å². The fraction of sp³-hybridized carbons (Fsp3) is 0.241. The van der Waals surface area contributed by atoms with Crippen molar-refractivity contribution in [3.05, 3.63) is 90.0 Å². The van der Waals surface area contributed by atoms with Gasteiger partial charge in [-0.25, -0.2) is 0 Å². The number of para-hydroxylation sites is 1. The predicted octanol–water partition coefficient (Wildman–Crippen LogP) is 4.99. The van der Waals surface area contributed by atoms with Gasteiger partial charge >= 0.3 is 0 Å². The van der Waals surface area contributed by atoms with Crippen LogP contribution in [-0.4, -0.2) is 30.9 Å². The lowest BCUT2D eigenvalue weighted by Gasteiger charge is -2.27. The molecule has 0 aromatic heterocycles. The third kappa shape index (κ3) is 4.88. The number of amides is 2. The number of anilines is 1. The van der Waals surface area contributed by atoms with E-state index in [2.05, 4.69) is 59.2 Å². The van der Waals surface area contributed by atoms with Crippen molar-refractivity contribution in [1.82, 2.24) is 10.6 Å². The van der Waals surface area contributed by atoms with E-state index in [4.69, 9.17) is 0 Å². The van der Waals surface area contributed by atoms with Crippen LogP contribution in [0.4, 0.5) is 5.69 Å². The second-order valence-corrected chi connectivity index (χ2v) is 9.00. The highest BCUT2D eigenvalue weighted by Gasteiger charge is 2.32. The molecule has 180 valence electrons. The van der Waals surface area contributed by atoms with E-state index >= 15 is 0 Å². The molecule has 2 amide bonds. The number of benzene rings is 4. The Hall–Kier alpha value is -3.41. The number of nitrogens with one attached hydrogen (secondary N) is 2. The third-order valence-corrected chi connectivity index (χ3v) is 6.86. The Morgan fingerprint density at radius 2 is 1.66 bits per heavy atom. The maximum Gasteiger partial charge on any atom is 0.249 e. The fourth-order valence-corrected chi connectivity index (χ4v) is 4.78. The van der Waals surface area contributed by atoms with Crippen molar-refractivity contribution in [2.24, 2.45) is 0 Å². The standard InChI is InChI=1S/C29H29N3O2.ClH/c1-19(30-2)28(33)31-26-15-14-20-8-5-6-13-27(20)32(29(26)34)18-24-12-7-11-23-16-21-9-3-4-10-22(21)17-25(23)24;/h3-13,16-17,19,26,30H,14-15,18H2,1-2H3,(H,31,33);1H/t19-,26-;/m0./s1. The summed E-state index contributed by atoms with van der Waals surface area (Å²) in [5.74, 6) is -0.234. The summed E-state index contributed by atoms with van der Waals surface area (Å²) in [5.41, 5.74) is 3.13. The van der Waals surface area contributed by atoms with Gasteiger partial charge in [-0.3, -0.25) is 9.59 Å². The number of rotatable bonds is 5. The monoisotopic (exact) mass is 487 g/mol. The van der Waals surface area contributed by atoms with Crippen LogP contribution < -0.4 is 15.5 Å². The highest BCUT2D eigenvalue weighted by Crippen LogP contribution is 2.31.